The standard InChI is InChI=1S/C17H22N2O4S2/c20-24(21,14-7-10-16-8-3-1-4-9-16)18-13-15-25(22,23)19-17-11-5-2-6-12-17/h1-6,8-9,11-12,18-19H,7,10,13-15H2. The van der Waals surface area contributed by atoms with E-state index in [0.29, 0.717) is 18.5 Å². The van der Waals surface area contributed by atoms with Gasteiger partial charge < -0.3 is 0 Å². The molecule has 0 radical (unpaired) electrons. The lowest BCUT2D eigenvalue weighted by molar-refractivity contribution is 0.579. The lowest BCUT2D eigenvalue weighted by Crippen LogP contribution is -2.32. The van der Waals surface area contributed by atoms with Gasteiger partial charge in [0.15, 0.2) is 0 Å². The largest absolute Gasteiger partial charge is 0.284 e. The van der Waals surface area contributed by atoms with Crippen LogP contribution < -0.4 is 9.44 Å². The predicted molar refractivity (Wildman–Crippen MR) is 100 cm³/mol. The first-order valence-corrected chi connectivity index (χ1v) is 11.2. The molecule has 0 amide bonds. The fourth-order valence-corrected chi connectivity index (χ4v) is 4.43. The highest BCUT2D eigenvalue weighted by molar-refractivity contribution is 7.92. The average molecular weight is 383 g/mol. The zero-order valence-electron chi connectivity index (χ0n) is 13.8. The van der Waals surface area contributed by atoms with Gasteiger partial charge in [0, 0.05) is 12.2 Å². The van der Waals surface area contributed by atoms with Gasteiger partial charge in [-0.3, -0.25) is 4.72 Å². The maximum absolute atomic E-state index is 11.9. The van der Waals surface area contributed by atoms with Crippen molar-refractivity contribution in [2.75, 3.05) is 22.8 Å². The molecule has 0 bridgehead atoms. The van der Waals surface area contributed by atoms with Crippen molar-refractivity contribution < 1.29 is 16.8 Å². The topological polar surface area (TPSA) is 92.3 Å². The number of benzene rings is 2. The second-order valence-electron chi connectivity index (χ2n) is 5.59. The van der Waals surface area contributed by atoms with Crippen LogP contribution in [-0.4, -0.2) is 34.9 Å². The van der Waals surface area contributed by atoms with E-state index >= 15 is 0 Å². The Balaban J connectivity index is 1.73. The van der Waals surface area contributed by atoms with Crippen molar-refractivity contribution in [2.45, 2.75) is 12.8 Å². The van der Waals surface area contributed by atoms with Crippen LogP contribution in [0.4, 0.5) is 5.69 Å². The number of aryl methyl sites for hydroxylation is 1. The Morgan fingerprint density at radius 1 is 0.720 bits per heavy atom. The summed E-state index contributed by atoms with van der Waals surface area (Å²) in [5.74, 6) is -0.353. The molecular formula is C17H22N2O4S2. The van der Waals surface area contributed by atoms with Crippen LogP contribution in [0.1, 0.15) is 12.0 Å². The normalized spacial score (nSPS) is 12.0. The molecule has 0 saturated heterocycles. The van der Waals surface area contributed by atoms with Crippen molar-refractivity contribution >= 4 is 25.7 Å². The molecule has 0 spiro atoms. The fourth-order valence-electron chi connectivity index (χ4n) is 2.25. The predicted octanol–water partition coefficient (Wildman–Crippen LogP) is 1.98. The first-order chi connectivity index (χ1) is 11.9. The van der Waals surface area contributed by atoms with Crippen molar-refractivity contribution in [3.63, 3.8) is 0 Å². The van der Waals surface area contributed by atoms with Crippen LogP contribution in [0.15, 0.2) is 60.7 Å². The molecule has 2 aromatic carbocycles. The summed E-state index contributed by atoms with van der Waals surface area (Å²) < 4.78 is 52.5. The molecule has 25 heavy (non-hydrogen) atoms. The van der Waals surface area contributed by atoms with E-state index in [2.05, 4.69) is 9.44 Å². The number of hydrogen-bond donors (Lipinski definition) is 2. The molecular weight excluding hydrogens is 360 g/mol. The maximum Gasteiger partial charge on any atom is 0.234 e. The Labute approximate surface area is 149 Å². The summed E-state index contributed by atoms with van der Waals surface area (Å²) in [5.41, 5.74) is 1.53. The van der Waals surface area contributed by atoms with Crippen LogP contribution in [0, 0.1) is 0 Å². The van der Waals surface area contributed by atoms with Gasteiger partial charge in [-0.25, -0.2) is 21.6 Å². The average Bonchev–Trinajstić information content (AvgIpc) is 2.55. The van der Waals surface area contributed by atoms with Gasteiger partial charge in [-0.2, -0.15) is 0 Å². The monoisotopic (exact) mass is 382 g/mol. The highest BCUT2D eigenvalue weighted by atomic mass is 32.2. The van der Waals surface area contributed by atoms with Crippen LogP contribution in [-0.2, 0) is 26.5 Å². The summed E-state index contributed by atoms with van der Waals surface area (Å²) in [5, 5.41) is 0. The van der Waals surface area contributed by atoms with E-state index in [1.165, 1.54) is 0 Å². The Morgan fingerprint density at radius 2 is 1.32 bits per heavy atom. The van der Waals surface area contributed by atoms with Crippen LogP contribution in [0.5, 0.6) is 0 Å². The van der Waals surface area contributed by atoms with Gasteiger partial charge in [-0.15, -0.1) is 0 Å². The highest BCUT2D eigenvalue weighted by Crippen LogP contribution is 2.08. The van der Waals surface area contributed by atoms with E-state index in [9.17, 15) is 16.8 Å². The second kappa shape index (κ2) is 8.98. The number of rotatable bonds is 10. The molecule has 0 saturated carbocycles. The lowest BCUT2D eigenvalue weighted by atomic mass is 10.1. The molecule has 0 heterocycles. The van der Waals surface area contributed by atoms with Crippen LogP contribution in [0.2, 0.25) is 0 Å². The third-order valence-corrected chi connectivity index (χ3v) is 6.22. The molecule has 2 aromatic rings. The van der Waals surface area contributed by atoms with Crippen molar-refractivity contribution in [1.29, 1.82) is 0 Å². The first kappa shape index (κ1) is 19.4. The number of para-hydroxylation sites is 1. The van der Waals surface area contributed by atoms with Gasteiger partial charge in [-0.05, 0) is 30.5 Å². The number of nitrogens with one attached hydrogen (secondary N) is 2. The Bertz CT molecular complexity index is 852. The van der Waals surface area contributed by atoms with Crippen molar-refractivity contribution in [3.05, 3.63) is 66.2 Å². The third-order valence-electron chi connectivity index (χ3n) is 3.46. The number of anilines is 1. The Kier molecular flexibility index (Phi) is 6.98. The van der Waals surface area contributed by atoms with Crippen LogP contribution >= 0.6 is 0 Å². The smallest absolute Gasteiger partial charge is 0.234 e. The Morgan fingerprint density at radius 3 is 1.96 bits per heavy atom. The zero-order chi connectivity index (χ0) is 18.2. The molecule has 0 aliphatic carbocycles. The van der Waals surface area contributed by atoms with Crippen LogP contribution in [0.3, 0.4) is 0 Å². The van der Waals surface area contributed by atoms with E-state index in [0.717, 1.165) is 5.56 Å². The van der Waals surface area contributed by atoms with E-state index in [4.69, 9.17) is 0 Å². The van der Waals surface area contributed by atoms with E-state index in [1.807, 2.05) is 30.3 Å². The second-order valence-corrected chi connectivity index (χ2v) is 9.36. The fraction of sp³-hybridized carbons (Fsp3) is 0.294. The molecule has 2 N–H and O–H groups in total. The summed E-state index contributed by atoms with van der Waals surface area (Å²) in [6, 6.07) is 18.1. The molecule has 136 valence electrons. The Hall–Kier alpha value is -1.90. The highest BCUT2D eigenvalue weighted by Gasteiger charge is 2.14. The van der Waals surface area contributed by atoms with Crippen molar-refractivity contribution in [2.24, 2.45) is 0 Å². The third kappa shape index (κ3) is 7.68. The molecule has 0 aliphatic heterocycles. The van der Waals surface area contributed by atoms with Gasteiger partial charge in [0.25, 0.3) is 0 Å². The summed E-state index contributed by atoms with van der Waals surface area (Å²) in [6.07, 6.45) is 1.14. The van der Waals surface area contributed by atoms with Gasteiger partial charge in [0.1, 0.15) is 0 Å². The molecule has 0 fully saturated rings. The maximum atomic E-state index is 11.9. The zero-order valence-corrected chi connectivity index (χ0v) is 15.4. The quantitative estimate of drug-likeness (QED) is 0.657. The van der Waals surface area contributed by atoms with Gasteiger partial charge in [0.05, 0.1) is 11.5 Å². The summed E-state index contributed by atoms with van der Waals surface area (Å²) in [6.45, 7) is -0.157. The van der Waals surface area contributed by atoms with E-state index < -0.39 is 20.0 Å². The molecule has 6 nitrogen and oxygen atoms in total. The van der Waals surface area contributed by atoms with Crippen LogP contribution in [0.25, 0.3) is 0 Å². The first-order valence-electron chi connectivity index (χ1n) is 7.93. The van der Waals surface area contributed by atoms with Crippen molar-refractivity contribution in [3.8, 4) is 0 Å². The molecule has 2 rings (SSSR count). The summed E-state index contributed by atoms with van der Waals surface area (Å²) >= 11 is 0. The van der Waals surface area contributed by atoms with E-state index in [-0.39, 0.29) is 18.1 Å². The van der Waals surface area contributed by atoms with Gasteiger partial charge in [0.2, 0.25) is 20.0 Å². The SMILES string of the molecule is O=S(=O)(CCCc1ccccc1)NCCS(=O)(=O)Nc1ccccc1. The van der Waals surface area contributed by atoms with Crippen molar-refractivity contribution in [1.82, 2.24) is 4.72 Å². The minimum atomic E-state index is -3.60. The molecule has 0 unspecified atom stereocenters. The lowest BCUT2D eigenvalue weighted by Gasteiger charge is -2.09. The molecule has 0 aromatic heterocycles. The minimum absolute atomic E-state index is 0.0337. The number of sulfonamides is 2. The molecule has 8 heteroatoms. The number of hydrogen-bond acceptors (Lipinski definition) is 4. The molecule has 0 atom stereocenters. The summed E-state index contributed by atoms with van der Waals surface area (Å²) in [7, 11) is -7.09. The van der Waals surface area contributed by atoms with E-state index in [1.54, 1.807) is 30.3 Å². The summed E-state index contributed by atoms with van der Waals surface area (Å²) in [4.78, 5) is 0. The van der Waals surface area contributed by atoms with Gasteiger partial charge in [-0.1, -0.05) is 48.5 Å². The molecule has 0 aliphatic rings. The van der Waals surface area contributed by atoms with Gasteiger partial charge >= 0.3 is 0 Å². The minimum Gasteiger partial charge on any atom is -0.284 e.